The topological polar surface area (TPSA) is 66.8 Å². The van der Waals surface area contributed by atoms with Crippen LogP contribution in [0.2, 0.25) is 0 Å². The van der Waals surface area contributed by atoms with Crippen molar-refractivity contribution in [1.82, 2.24) is 4.90 Å². The van der Waals surface area contributed by atoms with E-state index in [9.17, 15) is 14.7 Å². The van der Waals surface area contributed by atoms with Crippen molar-refractivity contribution in [2.24, 2.45) is 5.92 Å². The van der Waals surface area contributed by atoms with E-state index in [-0.39, 0.29) is 12.4 Å². The first-order chi connectivity index (χ1) is 9.64. The molecule has 0 aliphatic heterocycles. The predicted molar refractivity (Wildman–Crippen MR) is 88.2 cm³/mol. The Bertz CT molecular complexity index is 378. The molecule has 0 unspecified atom stereocenters. The van der Waals surface area contributed by atoms with Gasteiger partial charge in [-0.3, -0.25) is 9.69 Å². The van der Waals surface area contributed by atoms with Gasteiger partial charge >= 0.3 is 6.09 Å². The largest absolute Gasteiger partial charge is 0.465 e. The lowest BCUT2D eigenvalue weighted by molar-refractivity contribution is -0.125. The van der Waals surface area contributed by atoms with Crippen molar-refractivity contribution in [3.63, 3.8) is 0 Å². The molecule has 1 rings (SSSR count). The molecular weight excluding hydrogens is 406 g/mol. The molecule has 1 aliphatic carbocycles. The van der Waals surface area contributed by atoms with E-state index in [1.54, 1.807) is 20.8 Å². The summed E-state index contributed by atoms with van der Waals surface area (Å²) >= 11 is 6.32. The summed E-state index contributed by atoms with van der Waals surface area (Å²) in [6.45, 7) is 5.96. The number of ketones is 1. The van der Waals surface area contributed by atoms with E-state index in [2.05, 4.69) is 31.9 Å². The van der Waals surface area contributed by atoms with Gasteiger partial charge in [-0.1, -0.05) is 44.7 Å². The van der Waals surface area contributed by atoms with E-state index in [1.165, 1.54) is 17.7 Å². The van der Waals surface area contributed by atoms with Gasteiger partial charge in [0.2, 0.25) is 0 Å². The van der Waals surface area contributed by atoms with E-state index in [1.807, 2.05) is 0 Å². The number of hydrogen-bond donors (Lipinski definition) is 1. The first-order valence-corrected chi connectivity index (χ1v) is 8.89. The van der Waals surface area contributed by atoms with Gasteiger partial charge in [-0.2, -0.15) is 0 Å². The van der Waals surface area contributed by atoms with Gasteiger partial charge in [0, 0.05) is 12.1 Å². The number of rotatable bonds is 8. The van der Waals surface area contributed by atoms with Crippen molar-refractivity contribution in [2.45, 2.75) is 55.4 Å². The number of alkyl halides is 2. The van der Waals surface area contributed by atoms with Crippen molar-refractivity contribution < 1.29 is 19.4 Å². The van der Waals surface area contributed by atoms with Gasteiger partial charge in [0.15, 0.2) is 5.78 Å². The molecule has 0 aromatic carbocycles. The standard InChI is InChI=1S/C14H23Br2NO4/c1-14(2,3)17(13(19)20)10(11(18)12(15)16)8-21-7-6-9-4-5-9/h9-10,12H,4-8H2,1-3H3,(H,19,20)/t10-/m0/s1. The Morgan fingerprint density at radius 3 is 2.29 bits per heavy atom. The van der Waals surface area contributed by atoms with E-state index >= 15 is 0 Å². The van der Waals surface area contributed by atoms with Crippen molar-refractivity contribution in [3.8, 4) is 0 Å². The maximum absolute atomic E-state index is 12.3. The molecule has 0 aromatic rings. The summed E-state index contributed by atoms with van der Waals surface area (Å²) < 4.78 is 4.99. The number of amides is 1. The minimum Gasteiger partial charge on any atom is -0.465 e. The number of Topliss-reactive ketones (excluding diaryl/α,β-unsaturated/α-hetero) is 1. The van der Waals surface area contributed by atoms with Crippen LogP contribution in [0.15, 0.2) is 0 Å². The van der Waals surface area contributed by atoms with Crippen molar-refractivity contribution >= 4 is 43.7 Å². The first-order valence-electron chi connectivity index (χ1n) is 7.06. The molecule has 122 valence electrons. The molecule has 1 atom stereocenters. The van der Waals surface area contributed by atoms with Crippen LogP contribution >= 0.6 is 31.9 Å². The molecule has 0 bridgehead atoms. The number of carboxylic acid groups (broad SMARTS) is 1. The molecule has 1 N–H and O–H groups in total. The van der Waals surface area contributed by atoms with Gasteiger partial charge in [0.25, 0.3) is 0 Å². The summed E-state index contributed by atoms with van der Waals surface area (Å²) in [5.74, 6) is 0.496. The number of hydrogen-bond acceptors (Lipinski definition) is 3. The number of ether oxygens (including phenoxy) is 1. The molecule has 0 aromatic heterocycles. The fourth-order valence-electron chi connectivity index (χ4n) is 2.17. The number of carbonyl (C=O) groups is 2. The molecule has 21 heavy (non-hydrogen) atoms. The van der Waals surface area contributed by atoms with Crippen LogP contribution < -0.4 is 0 Å². The number of carbonyl (C=O) groups excluding carboxylic acids is 1. The summed E-state index contributed by atoms with van der Waals surface area (Å²) in [6, 6.07) is -0.828. The van der Waals surface area contributed by atoms with Crippen LogP contribution in [0.25, 0.3) is 0 Å². The van der Waals surface area contributed by atoms with Crippen molar-refractivity contribution in [3.05, 3.63) is 0 Å². The molecule has 1 amide bonds. The molecule has 5 nitrogen and oxygen atoms in total. The Balaban J connectivity index is 2.72. The molecule has 0 saturated heterocycles. The summed E-state index contributed by atoms with van der Waals surface area (Å²) in [7, 11) is 0. The van der Waals surface area contributed by atoms with E-state index in [4.69, 9.17) is 4.74 Å². The number of nitrogens with zero attached hydrogens (tertiary/aromatic N) is 1. The molecule has 0 spiro atoms. The zero-order valence-electron chi connectivity index (χ0n) is 12.6. The SMILES string of the molecule is CC(C)(C)N(C(=O)O)[C@@H](COCCC1CC1)C(=O)C(Br)Br. The van der Waals surface area contributed by atoms with Crippen molar-refractivity contribution in [2.75, 3.05) is 13.2 Å². The van der Waals surface area contributed by atoms with Crippen LogP contribution in [-0.4, -0.2) is 50.4 Å². The van der Waals surface area contributed by atoms with Crippen molar-refractivity contribution in [1.29, 1.82) is 0 Å². The zero-order chi connectivity index (χ0) is 16.2. The fraction of sp³-hybridized carbons (Fsp3) is 0.857. The van der Waals surface area contributed by atoms with Crippen LogP contribution in [-0.2, 0) is 9.53 Å². The second-order valence-electron chi connectivity index (χ2n) is 6.35. The number of halogens is 2. The van der Waals surface area contributed by atoms with Crippen LogP contribution in [0, 0.1) is 5.92 Å². The normalized spacial score (nSPS) is 16.9. The lowest BCUT2D eigenvalue weighted by atomic mass is 10.0. The quantitative estimate of drug-likeness (QED) is 0.473. The average molecular weight is 429 g/mol. The third kappa shape index (κ3) is 6.24. The summed E-state index contributed by atoms with van der Waals surface area (Å²) in [4.78, 5) is 25.0. The van der Waals surface area contributed by atoms with Gasteiger partial charge in [0.1, 0.15) is 9.78 Å². The maximum atomic E-state index is 12.3. The highest BCUT2D eigenvalue weighted by atomic mass is 79.9. The van der Waals surface area contributed by atoms with Crippen LogP contribution in [0.5, 0.6) is 0 Å². The second-order valence-corrected chi connectivity index (χ2v) is 9.41. The smallest absolute Gasteiger partial charge is 0.408 e. The molecule has 1 aliphatic rings. The van der Waals surface area contributed by atoms with Gasteiger partial charge in [-0.15, -0.1) is 0 Å². The summed E-state index contributed by atoms with van der Waals surface area (Å²) in [5, 5.41) is 9.45. The Kier molecular flexibility index (Phi) is 7.13. The predicted octanol–water partition coefficient (Wildman–Crippen LogP) is 3.64. The highest BCUT2D eigenvalue weighted by molar-refractivity contribution is 9.25. The third-order valence-corrected chi connectivity index (χ3v) is 4.33. The lowest BCUT2D eigenvalue weighted by Gasteiger charge is -2.38. The Labute approximate surface area is 142 Å². The van der Waals surface area contributed by atoms with Crippen LogP contribution in [0.4, 0.5) is 4.79 Å². The Morgan fingerprint density at radius 1 is 1.33 bits per heavy atom. The molecule has 0 radical (unpaired) electrons. The van der Waals surface area contributed by atoms with Crippen LogP contribution in [0.1, 0.15) is 40.0 Å². The molecule has 1 saturated carbocycles. The van der Waals surface area contributed by atoms with Gasteiger partial charge in [0.05, 0.1) is 6.61 Å². The fourth-order valence-corrected chi connectivity index (χ4v) is 2.78. The third-order valence-electron chi connectivity index (χ3n) is 3.43. The molecule has 0 heterocycles. The van der Waals surface area contributed by atoms with E-state index in [0.717, 1.165) is 12.3 Å². The van der Waals surface area contributed by atoms with E-state index < -0.39 is 21.4 Å². The monoisotopic (exact) mass is 427 g/mol. The Hall–Kier alpha value is -0.140. The summed E-state index contributed by atoms with van der Waals surface area (Å²) in [6.07, 6.45) is 2.36. The highest BCUT2D eigenvalue weighted by Crippen LogP contribution is 2.32. The van der Waals surface area contributed by atoms with E-state index in [0.29, 0.717) is 6.61 Å². The van der Waals surface area contributed by atoms with Crippen LogP contribution in [0.3, 0.4) is 0 Å². The second kappa shape index (κ2) is 7.92. The minimum absolute atomic E-state index is 0.0861. The summed E-state index contributed by atoms with van der Waals surface area (Å²) in [5.41, 5.74) is -0.680. The minimum atomic E-state index is -1.12. The van der Waals surface area contributed by atoms with Gasteiger partial charge < -0.3 is 9.84 Å². The Morgan fingerprint density at radius 2 is 1.90 bits per heavy atom. The highest BCUT2D eigenvalue weighted by Gasteiger charge is 2.39. The molecule has 1 fully saturated rings. The zero-order valence-corrected chi connectivity index (χ0v) is 15.8. The molecular formula is C14H23Br2NO4. The average Bonchev–Trinajstić information content (AvgIpc) is 3.13. The molecule has 7 heteroatoms. The van der Waals surface area contributed by atoms with Gasteiger partial charge in [-0.25, -0.2) is 4.79 Å². The van der Waals surface area contributed by atoms with Gasteiger partial charge in [-0.05, 0) is 33.1 Å². The lowest BCUT2D eigenvalue weighted by Crippen LogP contribution is -2.57. The maximum Gasteiger partial charge on any atom is 0.408 e. The first kappa shape index (κ1) is 18.9.